The highest BCUT2D eigenvalue weighted by Gasteiger charge is 2.56. The van der Waals surface area contributed by atoms with Gasteiger partial charge in [-0.3, -0.25) is 9.59 Å². The molecule has 0 unspecified atom stereocenters. The number of hydrogen-bond donors (Lipinski definition) is 2. The van der Waals surface area contributed by atoms with Gasteiger partial charge in [0, 0.05) is 10.8 Å². The molecule has 0 heterocycles. The Morgan fingerprint density at radius 3 is 1.05 bits per heavy atom. The number of nitrogens with one attached hydrogen (secondary N) is 2. The van der Waals surface area contributed by atoms with Crippen molar-refractivity contribution in [2.24, 2.45) is 46.3 Å². The number of hydrogen-bond acceptors (Lipinski definition) is 2. The summed E-state index contributed by atoms with van der Waals surface area (Å²) in [5, 5.41) is 7.23. The zero-order valence-corrected chi connectivity index (χ0v) is 23.7. The van der Waals surface area contributed by atoms with Crippen molar-refractivity contribution in [2.45, 2.75) is 89.1 Å². The highest BCUT2D eigenvalue weighted by atomic mass is 16.2. The van der Waals surface area contributed by atoms with Crippen LogP contribution in [0.5, 0.6) is 0 Å². The van der Waals surface area contributed by atoms with Gasteiger partial charge in [-0.05, 0) is 124 Å². The molecular formula is C36H44N2O2. The van der Waals surface area contributed by atoms with E-state index in [0.717, 1.165) is 49.7 Å². The van der Waals surface area contributed by atoms with E-state index in [2.05, 4.69) is 59.2 Å². The molecule has 8 bridgehead atoms. The first-order chi connectivity index (χ1) is 19.5. The quantitative estimate of drug-likeness (QED) is 0.395. The van der Waals surface area contributed by atoms with Crippen LogP contribution in [0.4, 0.5) is 0 Å². The highest BCUT2D eigenvalue weighted by molar-refractivity contribution is 5.85. The molecule has 2 amide bonds. The van der Waals surface area contributed by atoms with Crippen LogP contribution in [0.1, 0.15) is 100 Å². The van der Waals surface area contributed by atoms with Crippen LogP contribution in [0.2, 0.25) is 0 Å². The molecule has 40 heavy (non-hydrogen) atoms. The van der Waals surface area contributed by atoms with Gasteiger partial charge in [-0.15, -0.1) is 0 Å². The third kappa shape index (κ3) is 4.23. The second-order valence-electron chi connectivity index (χ2n) is 15.1. The van der Waals surface area contributed by atoms with Crippen LogP contribution in [-0.2, 0) is 9.59 Å². The second kappa shape index (κ2) is 9.46. The molecular weight excluding hydrogens is 492 g/mol. The minimum absolute atomic E-state index is 0.227. The number of carbonyl (C=O) groups excluding carboxylic acids is 2. The number of carbonyl (C=O) groups is 2. The molecule has 0 aromatic heterocycles. The smallest absolute Gasteiger partial charge is 0.226 e. The predicted octanol–water partition coefficient (Wildman–Crippen LogP) is 7.13. The van der Waals surface area contributed by atoms with E-state index >= 15 is 0 Å². The monoisotopic (exact) mass is 536 g/mol. The SMILES string of the molecule is O=C(N[C@H](c1ccccc1)[C@H](NC(=O)C12CC3CC(CC(C3)C1)C2)c1ccccc1)C12CC3CC(CC(C3)C1)C2. The fourth-order valence-electron chi connectivity index (χ4n) is 11.4. The Balaban J connectivity index is 1.13. The van der Waals surface area contributed by atoms with Crippen LogP contribution in [0, 0.1) is 46.3 Å². The summed E-state index contributed by atoms with van der Waals surface area (Å²) in [6, 6.07) is 20.2. The predicted molar refractivity (Wildman–Crippen MR) is 156 cm³/mol. The van der Waals surface area contributed by atoms with Crippen molar-refractivity contribution in [3.05, 3.63) is 71.8 Å². The number of amides is 2. The molecule has 10 rings (SSSR count). The van der Waals surface area contributed by atoms with E-state index in [-0.39, 0.29) is 34.7 Å². The highest BCUT2D eigenvalue weighted by Crippen LogP contribution is 2.61. The fourth-order valence-corrected chi connectivity index (χ4v) is 11.4. The van der Waals surface area contributed by atoms with Gasteiger partial charge in [-0.2, -0.15) is 0 Å². The Bertz CT molecular complexity index is 1100. The summed E-state index contributed by atoms with van der Waals surface area (Å²) in [4.78, 5) is 28.8. The molecule has 8 aliphatic carbocycles. The largest absolute Gasteiger partial charge is 0.346 e. The summed E-state index contributed by atoms with van der Waals surface area (Å²) < 4.78 is 0. The third-order valence-corrected chi connectivity index (χ3v) is 12.3. The van der Waals surface area contributed by atoms with Gasteiger partial charge < -0.3 is 10.6 Å². The Kier molecular flexibility index (Phi) is 5.94. The first-order valence-electron chi connectivity index (χ1n) is 16.2. The maximum absolute atomic E-state index is 14.4. The van der Waals surface area contributed by atoms with E-state index < -0.39 is 0 Å². The Hall–Kier alpha value is -2.62. The second-order valence-corrected chi connectivity index (χ2v) is 15.1. The summed E-state index contributed by atoms with van der Waals surface area (Å²) in [7, 11) is 0. The molecule has 0 aliphatic heterocycles. The lowest BCUT2D eigenvalue weighted by Gasteiger charge is -2.56. The van der Waals surface area contributed by atoms with Crippen LogP contribution < -0.4 is 10.6 Å². The van der Waals surface area contributed by atoms with Crippen molar-refractivity contribution in [2.75, 3.05) is 0 Å². The molecule has 2 N–H and O–H groups in total. The van der Waals surface area contributed by atoms with Crippen molar-refractivity contribution < 1.29 is 9.59 Å². The van der Waals surface area contributed by atoms with Gasteiger partial charge in [0.25, 0.3) is 0 Å². The van der Waals surface area contributed by atoms with Gasteiger partial charge in [0.15, 0.2) is 0 Å². The Labute approximate surface area is 239 Å². The fraction of sp³-hybridized carbons (Fsp3) is 0.611. The summed E-state index contributed by atoms with van der Waals surface area (Å²) in [6.45, 7) is 0. The average molecular weight is 537 g/mol. The molecule has 2 aromatic carbocycles. The van der Waals surface area contributed by atoms with E-state index in [9.17, 15) is 9.59 Å². The molecule has 0 radical (unpaired) electrons. The standard InChI is InChI=1S/C36H44N2O2/c39-33(35-17-23-11-24(18-35)13-25(12-23)19-35)37-31(29-7-3-1-4-8-29)32(30-9-5-2-6-10-30)38-34(40)36-20-26-14-27(21-36)16-28(15-26)22-36/h1-10,23-28,31-32H,11-22H2,(H,37,39)(H,38,40)/t23?,24?,25?,26?,27?,28?,31-,32-,35?,36?/m1/s1. The van der Waals surface area contributed by atoms with Gasteiger partial charge in [0.2, 0.25) is 11.8 Å². The Morgan fingerprint density at radius 1 is 0.500 bits per heavy atom. The van der Waals surface area contributed by atoms with E-state index in [1.807, 2.05) is 12.1 Å². The van der Waals surface area contributed by atoms with Gasteiger partial charge in [-0.25, -0.2) is 0 Å². The van der Waals surface area contributed by atoms with Crippen molar-refractivity contribution in [3.63, 3.8) is 0 Å². The molecule has 2 atom stereocenters. The average Bonchev–Trinajstić information content (AvgIpc) is 2.94. The Morgan fingerprint density at radius 2 is 0.775 bits per heavy atom. The minimum atomic E-state index is -0.304. The zero-order valence-electron chi connectivity index (χ0n) is 23.7. The summed E-state index contributed by atoms with van der Waals surface area (Å²) in [5.41, 5.74) is 1.68. The van der Waals surface area contributed by atoms with Crippen molar-refractivity contribution >= 4 is 11.8 Å². The van der Waals surface area contributed by atoms with Crippen molar-refractivity contribution in [1.29, 1.82) is 0 Å². The van der Waals surface area contributed by atoms with Crippen LogP contribution in [-0.4, -0.2) is 11.8 Å². The first-order valence-corrected chi connectivity index (χ1v) is 16.2. The topological polar surface area (TPSA) is 58.2 Å². The molecule has 8 fully saturated rings. The van der Waals surface area contributed by atoms with Crippen LogP contribution >= 0.6 is 0 Å². The molecule has 4 heteroatoms. The summed E-state index contributed by atoms with van der Waals surface area (Å²) >= 11 is 0. The molecule has 8 saturated carbocycles. The minimum Gasteiger partial charge on any atom is -0.346 e. The molecule has 4 nitrogen and oxygen atoms in total. The van der Waals surface area contributed by atoms with E-state index in [4.69, 9.17) is 0 Å². The molecule has 0 saturated heterocycles. The van der Waals surface area contributed by atoms with Crippen LogP contribution in [0.3, 0.4) is 0 Å². The first kappa shape index (κ1) is 25.1. The maximum Gasteiger partial charge on any atom is 0.226 e. The van der Waals surface area contributed by atoms with Gasteiger partial charge in [0.1, 0.15) is 0 Å². The van der Waals surface area contributed by atoms with E-state index in [0.29, 0.717) is 35.5 Å². The molecule has 8 aliphatic rings. The van der Waals surface area contributed by atoms with Crippen LogP contribution in [0.25, 0.3) is 0 Å². The normalized spacial score (nSPS) is 40.0. The summed E-state index contributed by atoms with van der Waals surface area (Å²) in [6.07, 6.45) is 14.2. The van der Waals surface area contributed by atoms with Crippen LogP contribution in [0.15, 0.2) is 60.7 Å². The number of rotatable bonds is 7. The van der Waals surface area contributed by atoms with E-state index in [1.165, 1.54) is 38.5 Å². The van der Waals surface area contributed by atoms with Gasteiger partial charge in [-0.1, -0.05) is 60.7 Å². The zero-order chi connectivity index (χ0) is 26.9. The van der Waals surface area contributed by atoms with Crippen molar-refractivity contribution in [3.8, 4) is 0 Å². The van der Waals surface area contributed by atoms with E-state index in [1.54, 1.807) is 0 Å². The molecule has 0 spiro atoms. The van der Waals surface area contributed by atoms with Crippen molar-refractivity contribution in [1.82, 2.24) is 10.6 Å². The number of benzene rings is 2. The lowest BCUT2D eigenvalue weighted by Crippen LogP contribution is -2.57. The lowest BCUT2D eigenvalue weighted by molar-refractivity contribution is -0.149. The summed E-state index contributed by atoms with van der Waals surface area (Å²) in [5.74, 6) is 4.75. The third-order valence-electron chi connectivity index (χ3n) is 12.3. The maximum atomic E-state index is 14.4. The molecule has 210 valence electrons. The van der Waals surface area contributed by atoms with Gasteiger partial charge in [0.05, 0.1) is 12.1 Å². The van der Waals surface area contributed by atoms with Gasteiger partial charge >= 0.3 is 0 Å². The molecule has 2 aromatic rings. The lowest BCUT2D eigenvalue weighted by atomic mass is 9.49.